The Kier molecular flexibility index (Phi) is 5.67. The van der Waals surface area contributed by atoms with Gasteiger partial charge in [-0.3, -0.25) is 4.79 Å². The molecule has 1 amide bonds. The number of rotatable bonds is 6. The highest BCUT2D eigenvalue weighted by Gasteiger charge is 2.42. The average Bonchev–Trinajstić information content (AvgIpc) is 3.35. The number of carbonyl (C=O) groups excluding carboxylic acids is 1. The lowest BCUT2D eigenvalue weighted by Gasteiger charge is -2.22. The predicted octanol–water partition coefficient (Wildman–Crippen LogP) is 3.45. The van der Waals surface area contributed by atoms with Crippen LogP contribution in [-0.2, 0) is 0 Å². The van der Waals surface area contributed by atoms with E-state index in [0.29, 0.717) is 10.6 Å². The number of ether oxygens (including phenoxy) is 1. The zero-order valence-corrected chi connectivity index (χ0v) is 15.3. The van der Waals surface area contributed by atoms with Gasteiger partial charge in [0.25, 0.3) is 5.91 Å². The molecule has 132 valence electrons. The van der Waals surface area contributed by atoms with Gasteiger partial charge in [-0.15, -0.1) is 0 Å². The minimum atomic E-state index is -0.0886. The third kappa shape index (κ3) is 4.22. The topological polar surface area (TPSA) is 41.6 Å². The Labute approximate surface area is 149 Å². The molecule has 2 unspecified atom stereocenters. The molecule has 0 aromatic heterocycles. The van der Waals surface area contributed by atoms with Gasteiger partial charge in [0.2, 0.25) is 0 Å². The number of halogens is 1. The number of nitrogens with one attached hydrogen (secondary N) is 1. The van der Waals surface area contributed by atoms with Crippen LogP contribution in [0.1, 0.15) is 36.0 Å². The molecule has 1 saturated heterocycles. The highest BCUT2D eigenvalue weighted by Crippen LogP contribution is 2.49. The van der Waals surface area contributed by atoms with Crippen LogP contribution in [0.3, 0.4) is 0 Å². The van der Waals surface area contributed by atoms with Gasteiger partial charge < -0.3 is 15.0 Å². The number of amides is 1. The Morgan fingerprint density at radius 3 is 2.75 bits per heavy atom. The highest BCUT2D eigenvalue weighted by molar-refractivity contribution is 6.34. The van der Waals surface area contributed by atoms with Crippen molar-refractivity contribution < 1.29 is 9.53 Å². The van der Waals surface area contributed by atoms with Gasteiger partial charge in [0.15, 0.2) is 0 Å². The van der Waals surface area contributed by atoms with Gasteiger partial charge in [-0.05, 0) is 74.7 Å². The third-order valence-corrected chi connectivity index (χ3v) is 5.61. The molecule has 1 aliphatic carbocycles. The second-order valence-corrected chi connectivity index (χ2v) is 7.63. The molecule has 3 rings (SSSR count). The SMILES string of the molecule is CN(C)C(=O)c1ccc(OCCC2CC2C2CCNCC2)cc1Cl. The summed E-state index contributed by atoms with van der Waals surface area (Å²) in [6.45, 7) is 3.09. The van der Waals surface area contributed by atoms with Crippen LogP contribution in [0.2, 0.25) is 5.02 Å². The molecule has 24 heavy (non-hydrogen) atoms. The van der Waals surface area contributed by atoms with Crippen LogP contribution in [0.4, 0.5) is 0 Å². The maximum atomic E-state index is 12.0. The van der Waals surface area contributed by atoms with E-state index in [1.54, 1.807) is 26.2 Å². The van der Waals surface area contributed by atoms with Gasteiger partial charge in [-0.25, -0.2) is 0 Å². The molecule has 2 fully saturated rings. The fourth-order valence-electron chi connectivity index (χ4n) is 3.78. The Morgan fingerprint density at radius 2 is 2.08 bits per heavy atom. The van der Waals surface area contributed by atoms with Crippen molar-refractivity contribution in [1.82, 2.24) is 10.2 Å². The summed E-state index contributed by atoms with van der Waals surface area (Å²) in [5, 5.41) is 3.89. The van der Waals surface area contributed by atoms with E-state index in [1.807, 2.05) is 6.07 Å². The van der Waals surface area contributed by atoms with Crippen molar-refractivity contribution in [2.75, 3.05) is 33.8 Å². The summed E-state index contributed by atoms with van der Waals surface area (Å²) in [6.07, 6.45) is 5.15. The standard InChI is InChI=1S/C19H27ClN2O2/c1-22(2)19(23)16-4-3-15(12-18(16)20)24-10-7-14-11-17(14)13-5-8-21-9-6-13/h3-4,12-14,17,21H,5-11H2,1-2H3. The number of hydrogen-bond donors (Lipinski definition) is 1. The summed E-state index contributed by atoms with van der Waals surface area (Å²) in [7, 11) is 3.44. The van der Waals surface area contributed by atoms with Crippen LogP contribution in [0.15, 0.2) is 18.2 Å². The van der Waals surface area contributed by atoms with E-state index in [9.17, 15) is 4.79 Å². The molecule has 2 aliphatic rings. The molecule has 0 bridgehead atoms. The van der Waals surface area contributed by atoms with Crippen LogP contribution < -0.4 is 10.1 Å². The Hall–Kier alpha value is -1.26. The minimum absolute atomic E-state index is 0.0886. The molecule has 1 aromatic rings. The molecule has 1 saturated carbocycles. The fraction of sp³-hybridized carbons (Fsp3) is 0.632. The summed E-state index contributed by atoms with van der Waals surface area (Å²) in [5.41, 5.74) is 0.516. The molecule has 5 heteroatoms. The second kappa shape index (κ2) is 7.75. The largest absolute Gasteiger partial charge is 0.494 e. The summed E-state index contributed by atoms with van der Waals surface area (Å²) < 4.78 is 5.85. The van der Waals surface area contributed by atoms with Crippen molar-refractivity contribution in [2.24, 2.45) is 17.8 Å². The van der Waals surface area contributed by atoms with Crippen molar-refractivity contribution in [3.8, 4) is 5.75 Å². The van der Waals surface area contributed by atoms with Crippen molar-refractivity contribution >= 4 is 17.5 Å². The van der Waals surface area contributed by atoms with Crippen LogP contribution >= 0.6 is 11.6 Å². The summed E-state index contributed by atoms with van der Waals surface area (Å²) in [6, 6.07) is 5.32. The fourth-order valence-corrected chi connectivity index (χ4v) is 4.03. The van der Waals surface area contributed by atoms with E-state index >= 15 is 0 Å². The van der Waals surface area contributed by atoms with E-state index in [4.69, 9.17) is 16.3 Å². The number of benzene rings is 1. The van der Waals surface area contributed by atoms with Crippen LogP contribution in [-0.4, -0.2) is 44.6 Å². The zero-order valence-electron chi connectivity index (χ0n) is 14.6. The molecule has 1 N–H and O–H groups in total. The highest BCUT2D eigenvalue weighted by atomic mass is 35.5. The number of piperidine rings is 1. The first kappa shape index (κ1) is 17.6. The van der Waals surface area contributed by atoms with Gasteiger partial charge in [0.05, 0.1) is 17.2 Å². The molecular formula is C19H27ClN2O2. The van der Waals surface area contributed by atoms with Crippen molar-refractivity contribution in [1.29, 1.82) is 0 Å². The monoisotopic (exact) mass is 350 g/mol. The summed E-state index contributed by atoms with van der Waals surface area (Å²) in [5.74, 6) is 3.32. The van der Waals surface area contributed by atoms with Crippen molar-refractivity contribution in [3.05, 3.63) is 28.8 Å². The lowest BCUT2D eigenvalue weighted by molar-refractivity contribution is 0.0827. The van der Waals surface area contributed by atoms with Crippen LogP contribution in [0.25, 0.3) is 0 Å². The first-order valence-electron chi connectivity index (χ1n) is 8.91. The van der Waals surface area contributed by atoms with Gasteiger partial charge in [-0.2, -0.15) is 0 Å². The third-order valence-electron chi connectivity index (χ3n) is 5.30. The Bertz CT molecular complexity index is 585. The minimum Gasteiger partial charge on any atom is -0.494 e. The van der Waals surface area contributed by atoms with Crippen molar-refractivity contribution in [2.45, 2.75) is 25.7 Å². The quantitative estimate of drug-likeness (QED) is 0.854. The second-order valence-electron chi connectivity index (χ2n) is 7.23. The summed E-state index contributed by atoms with van der Waals surface area (Å²) in [4.78, 5) is 13.5. The van der Waals surface area contributed by atoms with Crippen molar-refractivity contribution in [3.63, 3.8) is 0 Å². The molecule has 0 spiro atoms. The smallest absolute Gasteiger partial charge is 0.254 e. The lowest BCUT2D eigenvalue weighted by atomic mass is 9.91. The van der Waals surface area contributed by atoms with Gasteiger partial charge in [0.1, 0.15) is 5.75 Å². The van der Waals surface area contributed by atoms with E-state index in [1.165, 1.54) is 37.3 Å². The Morgan fingerprint density at radius 1 is 1.33 bits per heavy atom. The molecule has 0 radical (unpaired) electrons. The van der Waals surface area contributed by atoms with E-state index in [-0.39, 0.29) is 5.91 Å². The first-order valence-corrected chi connectivity index (χ1v) is 9.28. The maximum absolute atomic E-state index is 12.0. The van der Waals surface area contributed by atoms with Crippen LogP contribution in [0.5, 0.6) is 5.75 Å². The predicted molar refractivity (Wildman–Crippen MR) is 96.8 cm³/mol. The lowest BCUT2D eigenvalue weighted by Crippen LogP contribution is -2.29. The molecule has 2 atom stereocenters. The maximum Gasteiger partial charge on any atom is 0.254 e. The van der Waals surface area contributed by atoms with Gasteiger partial charge in [-0.1, -0.05) is 11.6 Å². The van der Waals surface area contributed by atoms with Gasteiger partial charge in [0, 0.05) is 14.1 Å². The van der Waals surface area contributed by atoms with E-state index < -0.39 is 0 Å². The first-order chi connectivity index (χ1) is 11.6. The average molecular weight is 351 g/mol. The Balaban J connectivity index is 1.44. The molecule has 1 heterocycles. The number of nitrogens with zero attached hydrogens (tertiary/aromatic N) is 1. The number of hydrogen-bond acceptors (Lipinski definition) is 3. The molecule has 1 aromatic carbocycles. The molecule has 4 nitrogen and oxygen atoms in total. The zero-order chi connectivity index (χ0) is 17.1. The van der Waals surface area contributed by atoms with E-state index in [2.05, 4.69) is 5.32 Å². The number of carbonyl (C=O) groups is 1. The van der Waals surface area contributed by atoms with E-state index in [0.717, 1.165) is 36.5 Å². The normalized spacial score (nSPS) is 23.8. The summed E-state index contributed by atoms with van der Waals surface area (Å²) >= 11 is 6.21. The molecule has 1 aliphatic heterocycles. The van der Waals surface area contributed by atoms with Gasteiger partial charge >= 0.3 is 0 Å². The van der Waals surface area contributed by atoms with Crippen LogP contribution in [0, 0.1) is 17.8 Å². The molecular weight excluding hydrogens is 324 g/mol.